The number of ether oxygens (including phenoxy) is 3. The van der Waals surface area contributed by atoms with E-state index in [2.05, 4.69) is 14.5 Å². The highest BCUT2D eigenvalue weighted by atomic mass is 32.2. The van der Waals surface area contributed by atoms with Crippen LogP contribution in [0, 0.1) is 10.1 Å². The Morgan fingerprint density at radius 3 is 2.41 bits per heavy atom. The molecule has 0 aliphatic carbocycles. The lowest BCUT2D eigenvalue weighted by Gasteiger charge is -2.50. The molecule has 1 saturated heterocycles. The molecule has 0 saturated carbocycles. The summed E-state index contributed by atoms with van der Waals surface area (Å²) < 4.78 is 52.4. The molecule has 51 heavy (non-hydrogen) atoms. The van der Waals surface area contributed by atoms with Gasteiger partial charge in [0.25, 0.3) is 11.6 Å². The van der Waals surface area contributed by atoms with Crippen LogP contribution in [0.25, 0.3) is 43.6 Å². The molecule has 260 valence electrons. The lowest BCUT2D eigenvalue weighted by molar-refractivity contribution is -0.387. The third-order valence-corrected chi connectivity index (χ3v) is 12.8. The minimum Gasteiger partial charge on any atom is -0.465 e. The molecule has 2 unspecified atom stereocenters. The van der Waals surface area contributed by atoms with Crippen molar-refractivity contribution >= 4 is 71.2 Å². The molecule has 2 bridgehead atoms. The van der Waals surface area contributed by atoms with Crippen molar-refractivity contribution in [1.82, 2.24) is 18.8 Å². The van der Waals surface area contributed by atoms with Crippen LogP contribution < -0.4 is 5.32 Å². The summed E-state index contributed by atoms with van der Waals surface area (Å²) in [5.74, 6) is -1.00. The van der Waals surface area contributed by atoms with E-state index in [1.807, 2.05) is 55.5 Å². The van der Waals surface area contributed by atoms with E-state index < -0.39 is 55.6 Å². The molecule has 0 spiro atoms. The molecule has 4 atom stereocenters. The second-order valence-electron chi connectivity index (χ2n) is 13.3. The van der Waals surface area contributed by atoms with Crippen LogP contribution in [0.4, 0.5) is 5.69 Å². The number of nitro benzene ring substituents is 1. The Hall–Kier alpha value is -5.35. The number of amides is 1. The SMILES string of the molecule is COC(=O)c1ccc(S(=O)(=O)N(C)C2C[C@H]3O[C@@](C)(C2OC)n2c4ccccc4c4c5c(c6c7ccccc7n3c6c42)C(=O)NC5)c([N+](=O)[O-])c1. The van der Waals surface area contributed by atoms with Crippen LogP contribution >= 0.6 is 0 Å². The zero-order valence-corrected chi connectivity index (χ0v) is 28.7. The molecule has 5 heterocycles. The van der Waals surface area contributed by atoms with E-state index >= 15 is 0 Å². The highest BCUT2D eigenvalue weighted by Gasteiger charge is 2.56. The van der Waals surface area contributed by atoms with Gasteiger partial charge in [-0.05, 0) is 36.8 Å². The summed E-state index contributed by atoms with van der Waals surface area (Å²) in [5, 5.41) is 18.7. The van der Waals surface area contributed by atoms with Crippen molar-refractivity contribution in [3.05, 3.63) is 93.5 Å². The number of para-hydroxylation sites is 2. The van der Waals surface area contributed by atoms with Crippen LogP contribution in [0.2, 0.25) is 0 Å². The summed E-state index contributed by atoms with van der Waals surface area (Å²) >= 11 is 0. The molecule has 6 aromatic rings. The first kappa shape index (κ1) is 31.6. The number of fused-ring (bicyclic) bond motifs is 13. The Kier molecular flexibility index (Phi) is 6.56. The molecule has 4 aromatic carbocycles. The maximum Gasteiger partial charge on any atom is 0.338 e. The fraction of sp³-hybridized carbons (Fsp3) is 0.278. The van der Waals surface area contributed by atoms with Gasteiger partial charge >= 0.3 is 5.97 Å². The van der Waals surface area contributed by atoms with Crippen LogP contribution in [0.1, 0.15) is 45.9 Å². The number of esters is 1. The van der Waals surface area contributed by atoms with E-state index in [1.54, 1.807) is 0 Å². The molecule has 3 aliphatic rings. The Labute approximate surface area is 290 Å². The Balaban J connectivity index is 1.33. The number of nitrogens with one attached hydrogen (secondary N) is 1. The predicted octanol–water partition coefficient (Wildman–Crippen LogP) is 5.15. The molecule has 2 aromatic heterocycles. The lowest BCUT2D eigenvalue weighted by Crippen LogP contribution is -2.61. The topological polar surface area (TPSA) is 164 Å². The molecule has 3 aliphatic heterocycles. The van der Waals surface area contributed by atoms with Gasteiger partial charge in [0.1, 0.15) is 12.3 Å². The lowest BCUT2D eigenvalue weighted by atomic mass is 9.93. The molecule has 1 fully saturated rings. The molecule has 1 amide bonds. The van der Waals surface area contributed by atoms with Crippen LogP contribution in [-0.4, -0.2) is 72.1 Å². The summed E-state index contributed by atoms with van der Waals surface area (Å²) in [6.07, 6.45) is -1.59. The Morgan fingerprint density at radius 2 is 1.73 bits per heavy atom. The number of rotatable bonds is 6. The predicted molar refractivity (Wildman–Crippen MR) is 186 cm³/mol. The van der Waals surface area contributed by atoms with Gasteiger partial charge in [0.2, 0.25) is 10.0 Å². The van der Waals surface area contributed by atoms with E-state index in [-0.39, 0.29) is 17.9 Å². The van der Waals surface area contributed by atoms with Crippen molar-refractivity contribution in [1.29, 1.82) is 0 Å². The van der Waals surface area contributed by atoms with Crippen molar-refractivity contribution in [3.63, 3.8) is 0 Å². The molecular formula is C36H31N5O9S. The monoisotopic (exact) mass is 709 g/mol. The first-order valence-corrected chi connectivity index (χ1v) is 17.7. The van der Waals surface area contributed by atoms with Gasteiger partial charge in [-0.25, -0.2) is 13.2 Å². The minimum absolute atomic E-state index is 0.0964. The molecule has 0 radical (unpaired) electrons. The number of benzene rings is 4. The summed E-state index contributed by atoms with van der Waals surface area (Å²) in [5.41, 5.74) is 2.50. The second kappa shape index (κ2) is 10.6. The molecule has 15 heteroatoms. The number of carbonyl (C=O) groups is 2. The van der Waals surface area contributed by atoms with Gasteiger partial charge in [0.15, 0.2) is 10.6 Å². The number of likely N-dealkylation sites (N-methyl/N-ethyl adjacent to an activating group) is 1. The number of carbonyl (C=O) groups excluding carboxylic acids is 2. The van der Waals surface area contributed by atoms with Crippen molar-refractivity contribution in [3.8, 4) is 0 Å². The smallest absolute Gasteiger partial charge is 0.338 e. The van der Waals surface area contributed by atoms with Crippen LogP contribution in [0.5, 0.6) is 0 Å². The van der Waals surface area contributed by atoms with Gasteiger partial charge < -0.3 is 28.7 Å². The van der Waals surface area contributed by atoms with Crippen molar-refractivity contribution in [2.75, 3.05) is 21.3 Å². The third kappa shape index (κ3) is 3.94. The van der Waals surface area contributed by atoms with E-state index in [4.69, 9.17) is 14.2 Å². The number of nitrogens with zero attached hydrogens (tertiary/aromatic N) is 4. The average molecular weight is 710 g/mol. The largest absolute Gasteiger partial charge is 0.465 e. The highest BCUT2D eigenvalue weighted by Crippen LogP contribution is 2.54. The van der Waals surface area contributed by atoms with E-state index in [0.717, 1.165) is 72.7 Å². The third-order valence-electron chi connectivity index (χ3n) is 10.9. The molecule has 14 nitrogen and oxygen atoms in total. The maximum atomic E-state index is 14.5. The van der Waals surface area contributed by atoms with Gasteiger partial charge in [-0.1, -0.05) is 36.4 Å². The number of methoxy groups -OCH3 is 2. The molecule has 1 N–H and O–H groups in total. The summed E-state index contributed by atoms with van der Waals surface area (Å²) in [7, 11) is -0.587. The van der Waals surface area contributed by atoms with Gasteiger partial charge in [0, 0.05) is 54.7 Å². The van der Waals surface area contributed by atoms with Gasteiger partial charge in [0.05, 0.1) is 51.3 Å². The van der Waals surface area contributed by atoms with E-state index in [9.17, 15) is 28.1 Å². The average Bonchev–Trinajstić information content (AvgIpc) is 3.78. The highest BCUT2D eigenvalue weighted by molar-refractivity contribution is 7.89. The minimum atomic E-state index is -4.59. The Morgan fingerprint density at radius 1 is 1.04 bits per heavy atom. The quantitative estimate of drug-likeness (QED) is 0.140. The van der Waals surface area contributed by atoms with Gasteiger partial charge in [-0.3, -0.25) is 14.9 Å². The zero-order valence-electron chi connectivity index (χ0n) is 27.9. The maximum absolute atomic E-state index is 14.5. The second-order valence-corrected chi connectivity index (χ2v) is 15.2. The summed E-state index contributed by atoms with van der Waals surface area (Å²) in [6.45, 7) is 2.22. The fourth-order valence-corrected chi connectivity index (χ4v) is 10.3. The number of hydrogen-bond acceptors (Lipinski definition) is 9. The standard InChI is InChI=1S/C36H31N5O9S/c1-36-33(48-3)25(38(2)51(46,47)26-14-13-18(35(43)49-4)15-24(26)41(44)45)16-27(50-36)39-22-11-7-5-9-19(22)29-30-21(17-37-34(30)42)28-20-10-6-8-12-23(20)40(36)32(28)31(29)39/h5-15,25,27,33H,16-17H2,1-4H3,(H,37,42)/t25?,27-,33?,36+/m1/s1. The number of sulfonamides is 1. The van der Waals surface area contributed by atoms with Crippen molar-refractivity contribution < 1.29 is 37.1 Å². The summed E-state index contributed by atoms with van der Waals surface area (Å²) in [4.78, 5) is 36.7. The fourth-order valence-electron chi connectivity index (χ4n) is 8.83. The molecule has 9 rings (SSSR count). The van der Waals surface area contributed by atoms with Crippen LogP contribution in [0.15, 0.2) is 71.6 Å². The van der Waals surface area contributed by atoms with Gasteiger partial charge in [-0.15, -0.1) is 0 Å². The first-order chi connectivity index (χ1) is 24.4. The normalized spacial score (nSPS) is 22.6. The van der Waals surface area contributed by atoms with Crippen molar-refractivity contribution in [2.45, 2.75) is 48.9 Å². The van der Waals surface area contributed by atoms with Crippen LogP contribution in [-0.2, 0) is 36.5 Å². The first-order valence-electron chi connectivity index (χ1n) is 16.3. The summed E-state index contributed by atoms with van der Waals surface area (Å²) in [6, 6.07) is 17.9. The van der Waals surface area contributed by atoms with E-state index in [1.165, 1.54) is 20.2 Å². The van der Waals surface area contributed by atoms with E-state index in [0.29, 0.717) is 12.1 Å². The Bertz CT molecular complexity index is 2680. The van der Waals surface area contributed by atoms with Gasteiger partial charge in [-0.2, -0.15) is 4.31 Å². The zero-order chi connectivity index (χ0) is 35.7. The number of nitro groups is 1. The van der Waals surface area contributed by atoms with Crippen LogP contribution in [0.3, 0.4) is 0 Å². The van der Waals surface area contributed by atoms with Crippen molar-refractivity contribution in [2.24, 2.45) is 0 Å². The number of aromatic nitrogens is 2. The molecular weight excluding hydrogens is 678 g/mol. The number of hydrogen-bond donors (Lipinski definition) is 1.